The second-order valence-electron chi connectivity index (χ2n) is 12.4. The number of hydrogen-bond acceptors (Lipinski definition) is 5. The molecule has 8 nitrogen and oxygen atoms in total. The number of benzene rings is 1. The monoisotopic (exact) mass is 573 g/mol. The standard InChI is InChI=1S/C33H55N3O5/c1-9-23(4)27(35(7)29(37)19-17-22(2)3)18-20-30(38)36-21-13-16-28(36)32(41-8)24(5)33(40)34-25(6)31(39)26-14-11-10-12-15-26/h10-12,14-15,22-25,27-28,31-32,39H,9,13,16-21H2,1-8H3,(H,34,40)/t23-,24?,25?,27?,28?,31?,32?/m0/s1. The minimum atomic E-state index is -0.827. The Hall–Kier alpha value is -2.45. The first-order valence-corrected chi connectivity index (χ1v) is 15.5. The van der Waals surface area contributed by atoms with E-state index >= 15 is 0 Å². The molecule has 2 rings (SSSR count). The van der Waals surface area contributed by atoms with Gasteiger partial charge in [0, 0.05) is 39.6 Å². The molecule has 0 saturated carbocycles. The van der Waals surface area contributed by atoms with Crippen molar-refractivity contribution in [1.82, 2.24) is 15.1 Å². The van der Waals surface area contributed by atoms with Crippen LogP contribution >= 0.6 is 0 Å². The molecule has 1 saturated heterocycles. The van der Waals surface area contributed by atoms with Gasteiger partial charge in [-0.05, 0) is 50.0 Å². The Kier molecular flexibility index (Phi) is 14.3. The molecular formula is C33H55N3O5. The number of rotatable bonds is 16. The molecule has 2 N–H and O–H groups in total. The number of nitrogens with zero attached hydrogens (tertiary/aromatic N) is 2. The summed E-state index contributed by atoms with van der Waals surface area (Å²) in [5.74, 6) is 0.221. The Balaban J connectivity index is 2.04. The van der Waals surface area contributed by atoms with E-state index in [9.17, 15) is 19.5 Å². The van der Waals surface area contributed by atoms with Crippen LogP contribution in [0.4, 0.5) is 0 Å². The predicted molar refractivity (Wildman–Crippen MR) is 163 cm³/mol. The van der Waals surface area contributed by atoms with Crippen LogP contribution in [0.25, 0.3) is 0 Å². The molecule has 1 aliphatic heterocycles. The third-order valence-electron chi connectivity index (χ3n) is 8.94. The van der Waals surface area contributed by atoms with E-state index in [2.05, 4.69) is 33.0 Å². The van der Waals surface area contributed by atoms with Gasteiger partial charge in [-0.25, -0.2) is 0 Å². The van der Waals surface area contributed by atoms with Crippen LogP contribution < -0.4 is 5.32 Å². The molecule has 0 aromatic heterocycles. The van der Waals surface area contributed by atoms with Crippen molar-refractivity contribution < 1.29 is 24.2 Å². The maximum absolute atomic E-state index is 13.5. The Labute approximate surface area is 248 Å². The van der Waals surface area contributed by atoms with Gasteiger partial charge in [0.25, 0.3) is 0 Å². The maximum Gasteiger partial charge on any atom is 0.225 e. The zero-order chi connectivity index (χ0) is 30.7. The van der Waals surface area contributed by atoms with Crippen molar-refractivity contribution in [3.05, 3.63) is 35.9 Å². The summed E-state index contributed by atoms with van der Waals surface area (Å²) in [7, 11) is 3.47. The summed E-state index contributed by atoms with van der Waals surface area (Å²) in [6.07, 6.45) is 3.62. The summed E-state index contributed by atoms with van der Waals surface area (Å²) in [5, 5.41) is 13.7. The second kappa shape index (κ2) is 16.9. The topological polar surface area (TPSA) is 99.2 Å². The predicted octanol–water partition coefficient (Wildman–Crippen LogP) is 4.96. The van der Waals surface area contributed by atoms with Gasteiger partial charge in [0.1, 0.15) is 0 Å². The average Bonchev–Trinajstić information content (AvgIpc) is 3.45. The molecular weight excluding hydrogens is 518 g/mol. The number of ether oxygens (including phenoxy) is 1. The van der Waals surface area contributed by atoms with Crippen molar-refractivity contribution in [2.24, 2.45) is 17.8 Å². The molecule has 8 heteroatoms. The van der Waals surface area contributed by atoms with E-state index in [1.165, 1.54) is 0 Å². The lowest BCUT2D eigenvalue weighted by molar-refractivity contribution is -0.141. The normalized spacial score (nSPS) is 19.8. The Morgan fingerprint density at radius 2 is 1.73 bits per heavy atom. The largest absolute Gasteiger partial charge is 0.386 e. The summed E-state index contributed by atoms with van der Waals surface area (Å²) in [6.45, 7) is 12.8. The number of likely N-dealkylation sites (tertiary alicyclic amines) is 1. The van der Waals surface area contributed by atoms with Crippen LogP contribution in [0.1, 0.15) is 98.2 Å². The number of amides is 3. The van der Waals surface area contributed by atoms with Crippen LogP contribution in [0, 0.1) is 17.8 Å². The van der Waals surface area contributed by atoms with Crippen LogP contribution in [0.5, 0.6) is 0 Å². The van der Waals surface area contributed by atoms with Crippen LogP contribution in [0.3, 0.4) is 0 Å². The summed E-state index contributed by atoms with van der Waals surface area (Å²) in [5.41, 5.74) is 0.742. The molecule has 6 unspecified atom stereocenters. The third-order valence-corrected chi connectivity index (χ3v) is 8.94. The molecule has 7 atom stereocenters. The minimum absolute atomic E-state index is 0.00474. The molecule has 1 fully saturated rings. The number of nitrogens with one attached hydrogen (secondary N) is 1. The molecule has 1 aliphatic rings. The van der Waals surface area contributed by atoms with E-state index in [1.807, 2.05) is 54.1 Å². The number of carbonyl (C=O) groups is 3. The van der Waals surface area contributed by atoms with Crippen molar-refractivity contribution in [2.75, 3.05) is 20.7 Å². The molecule has 3 amide bonds. The first-order valence-electron chi connectivity index (χ1n) is 15.5. The second-order valence-corrected chi connectivity index (χ2v) is 12.4. The molecule has 0 bridgehead atoms. The van der Waals surface area contributed by atoms with Gasteiger partial charge in [0.05, 0.1) is 30.2 Å². The van der Waals surface area contributed by atoms with Crippen molar-refractivity contribution in [3.63, 3.8) is 0 Å². The molecule has 0 aliphatic carbocycles. The van der Waals surface area contributed by atoms with Gasteiger partial charge in [-0.1, -0.05) is 71.4 Å². The number of methoxy groups -OCH3 is 1. The maximum atomic E-state index is 13.5. The summed E-state index contributed by atoms with van der Waals surface area (Å²) in [4.78, 5) is 43.4. The van der Waals surface area contributed by atoms with Gasteiger partial charge in [-0.3, -0.25) is 14.4 Å². The Morgan fingerprint density at radius 3 is 2.32 bits per heavy atom. The molecule has 0 radical (unpaired) electrons. The van der Waals surface area contributed by atoms with E-state index in [-0.39, 0.29) is 35.7 Å². The molecule has 1 aromatic rings. The number of aliphatic hydroxyl groups excluding tert-OH is 1. The number of carbonyl (C=O) groups excluding carboxylic acids is 3. The molecule has 41 heavy (non-hydrogen) atoms. The van der Waals surface area contributed by atoms with Crippen molar-refractivity contribution in [1.29, 1.82) is 0 Å². The van der Waals surface area contributed by atoms with Crippen molar-refractivity contribution >= 4 is 17.7 Å². The highest BCUT2D eigenvalue weighted by molar-refractivity contribution is 5.80. The lowest BCUT2D eigenvalue weighted by atomic mass is 9.92. The smallest absolute Gasteiger partial charge is 0.225 e. The summed E-state index contributed by atoms with van der Waals surface area (Å²) >= 11 is 0. The molecule has 1 aromatic carbocycles. The minimum Gasteiger partial charge on any atom is -0.386 e. The van der Waals surface area contributed by atoms with Gasteiger partial charge in [0.2, 0.25) is 17.7 Å². The zero-order valence-corrected chi connectivity index (χ0v) is 26.6. The fraction of sp³-hybridized carbons (Fsp3) is 0.727. The van der Waals surface area contributed by atoms with E-state index in [0.29, 0.717) is 31.7 Å². The highest BCUT2D eigenvalue weighted by atomic mass is 16.5. The lowest BCUT2D eigenvalue weighted by Gasteiger charge is -2.36. The van der Waals surface area contributed by atoms with Gasteiger partial charge in [-0.2, -0.15) is 0 Å². The summed E-state index contributed by atoms with van der Waals surface area (Å²) in [6, 6.07) is 8.59. The van der Waals surface area contributed by atoms with Gasteiger partial charge in [0.15, 0.2) is 0 Å². The van der Waals surface area contributed by atoms with Crippen molar-refractivity contribution in [3.8, 4) is 0 Å². The highest BCUT2D eigenvalue weighted by Crippen LogP contribution is 2.29. The first kappa shape index (κ1) is 34.7. The van der Waals surface area contributed by atoms with Crippen molar-refractivity contribution in [2.45, 2.75) is 117 Å². The lowest BCUT2D eigenvalue weighted by Crippen LogP contribution is -2.51. The molecule has 232 valence electrons. The Morgan fingerprint density at radius 1 is 1.07 bits per heavy atom. The quantitative estimate of drug-likeness (QED) is 0.291. The number of aliphatic hydroxyl groups is 1. The van der Waals surface area contributed by atoms with Gasteiger partial charge in [-0.15, -0.1) is 0 Å². The fourth-order valence-corrected chi connectivity index (χ4v) is 5.98. The van der Waals surface area contributed by atoms with Crippen LogP contribution in [0.2, 0.25) is 0 Å². The zero-order valence-electron chi connectivity index (χ0n) is 26.6. The van der Waals surface area contributed by atoms with E-state index in [0.717, 1.165) is 31.2 Å². The van der Waals surface area contributed by atoms with Crippen LogP contribution in [-0.4, -0.2) is 77.6 Å². The van der Waals surface area contributed by atoms with Gasteiger partial charge < -0.3 is 25.0 Å². The van der Waals surface area contributed by atoms with Crippen LogP contribution in [-0.2, 0) is 19.1 Å². The molecule has 0 spiro atoms. The first-order chi connectivity index (χ1) is 19.4. The van der Waals surface area contributed by atoms with E-state index < -0.39 is 24.2 Å². The SMILES string of the molecule is CC[C@H](C)C(CCC(=O)N1CCCC1C(OC)C(C)C(=O)NC(C)C(O)c1ccccc1)N(C)C(=O)CCC(C)C. The average molecular weight is 574 g/mol. The van der Waals surface area contributed by atoms with E-state index in [1.54, 1.807) is 14.0 Å². The highest BCUT2D eigenvalue weighted by Gasteiger charge is 2.40. The molecule has 1 heterocycles. The van der Waals surface area contributed by atoms with Crippen LogP contribution in [0.15, 0.2) is 30.3 Å². The Bertz CT molecular complexity index is 955. The fourth-order valence-electron chi connectivity index (χ4n) is 5.98. The van der Waals surface area contributed by atoms with E-state index in [4.69, 9.17) is 4.74 Å². The number of hydrogen-bond donors (Lipinski definition) is 2. The van der Waals surface area contributed by atoms with Gasteiger partial charge >= 0.3 is 0 Å². The third kappa shape index (κ3) is 9.81. The summed E-state index contributed by atoms with van der Waals surface area (Å²) < 4.78 is 5.85.